The summed E-state index contributed by atoms with van der Waals surface area (Å²) in [5.41, 5.74) is 6.31. The summed E-state index contributed by atoms with van der Waals surface area (Å²) >= 11 is 3.36. The normalized spacial score (nSPS) is 10.5. The minimum atomic E-state index is -0.256. The van der Waals surface area contributed by atoms with Crippen molar-refractivity contribution in [2.24, 2.45) is 0 Å². The summed E-state index contributed by atoms with van der Waals surface area (Å²) in [6, 6.07) is 6.26. The summed E-state index contributed by atoms with van der Waals surface area (Å²) in [5, 5.41) is 4.03. The molecule has 0 bridgehead atoms. The summed E-state index contributed by atoms with van der Waals surface area (Å²) < 4.78 is 15.5. The van der Waals surface area contributed by atoms with E-state index in [0.29, 0.717) is 12.4 Å². The van der Waals surface area contributed by atoms with Gasteiger partial charge in [-0.15, -0.1) is 0 Å². The Morgan fingerprint density at radius 1 is 1.40 bits per heavy atom. The highest BCUT2D eigenvalue weighted by Gasteiger charge is 2.03. The van der Waals surface area contributed by atoms with Gasteiger partial charge in [-0.2, -0.15) is 5.10 Å². The van der Waals surface area contributed by atoms with Crippen LogP contribution < -0.4 is 5.73 Å². The molecule has 2 N–H and O–H groups in total. The quantitative estimate of drug-likeness (QED) is 0.910. The van der Waals surface area contributed by atoms with Crippen molar-refractivity contribution in [3.05, 3.63) is 46.3 Å². The fourth-order valence-corrected chi connectivity index (χ4v) is 1.68. The second kappa shape index (κ2) is 4.02. The summed E-state index contributed by atoms with van der Waals surface area (Å²) in [7, 11) is 0. The predicted octanol–water partition coefficient (Wildman–Crippen LogP) is 2.42. The van der Waals surface area contributed by atoms with Crippen molar-refractivity contribution in [2.75, 3.05) is 5.73 Å². The number of halogens is 2. The summed E-state index contributed by atoms with van der Waals surface area (Å²) in [6.07, 6.45) is 1.76. The number of benzene rings is 1. The highest BCUT2D eigenvalue weighted by Crippen LogP contribution is 2.18. The maximum absolute atomic E-state index is 13.0. The van der Waals surface area contributed by atoms with Crippen LogP contribution in [0.3, 0.4) is 0 Å². The van der Waals surface area contributed by atoms with Crippen LogP contribution in [0.5, 0.6) is 0 Å². The fraction of sp³-hybridized carbons (Fsp3) is 0.100. The predicted molar refractivity (Wildman–Crippen MR) is 59.8 cm³/mol. The first-order valence-corrected chi connectivity index (χ1v) is 5.17. The molecular formula is C10H9BrFN3. The van der Waals surface area contributed by atoms with Crippen LogP contribution in [0.15, 0.2) is 34.9 Å². The lowest BCUT2D eigenvalue weighted by Gasteiger charge is -2.04. The molecule has 0 aliphatic rings. The van der Waals surface area contributed by atoms with Crippen molar-refractivity contribution in [3.63, 3.8) is 0 Å². The third-order valence-corrected chi connectivity index (χ3v) is 2.78. The number of hydrogen-bond acceptors (Lipinski definition) is 2. The second-order valence-electron chi connectivity index (χ2n) is 3.17. The van der Waals surface area contributed by atoms with Gasteiger partial charge >= 0.3 is 0 Å². The van der Waals surface area contributed by atoms with Crippen LogP contribution >= 0.6 is 15.9 Å². The van der Waals surface area contributed by atoms with Crippen LogP contribution in [-0.4, -0.2) is 9.78 Å². The summed E-state index contributed by atoms with van der Waals surface area (Å²) in [4.78, 5) is 0. The monoisotopic (exact) mass is 269 g/mol. The van der Waals surface area contributed by atoms with E-state index in [0.717, 1.165) is 10.0 Å². The number of rotatable bonds is 2. The van der Waals surface area contributed by atoms with Crippen molar-refractivity contribution in [1.29, 1.82) is 0 Å². The van der Waals surface area contributed by atoms with Gasteiger partial charge in [0.05, 0.1) is 6.54 Å². The van der Waals surface area contributed by atoms with Gasteiger partial charge in [-0.05, 0) is 29.8 Å². The van der Waals surface area contributed by atoms with Gasteiger partial charge in [0.2, 0.25) is 0 Å². The molecule has 0 spiro atoms. The first-order chi connectivity index (χ1) is 7.15. The lowest BCUT2D eigenvalue weighted by molar-refractivity contribution is 0.618. The van der Waals surface area contributed by atoms with E-state index in [1.165, 1.54) is 12.1 Å². The molecule has 0 radical (unpaired) electrons. The van der Waals surface area contributed by atoms with E-state index in [2.05, 4.69) is 21.0 Å². The van der Waals surface area contributed by atoms with Crippen molar-refractivity contribution >= 4 is 21.7 Å². The largest absolute Gasteiger partial charge is 0.382 e. The number of nitrogens with zero attached hydrogens (tertiary/aromatic N) is 2. The van der Waals surface area contributed by atoms with E-state index in [1.54, 1.807) is 23.0 Å². The van der Waals surface area contributed by atoms with E-state index in [1.807, 2.05) is 0 Å². The molecule has 2 rings (SSSR count). The molecule has 1 aromatic carbocycles. The average molecular weight is 270 g/mol. The first-order valence-electron chi connectivity index (χ1n) is 4.38. The summed E-state index contributed by atoms with van der Waals surface area (Å²) in [6.45, 7) is 0.496. The fourth-order valence-electron chi connectivity index (χ4n) is 1.30. The maximum atomic E-state index is 13.0. The molecule has 2 aromatic rings. The zero-order valence-electron chi connectivity index (χ0n) is 7.82. The van der Waals surface area contributed by atoms with E-state index >= 15 is 0 Å². The van der Waals surface area contributed by atoms with Gasteiger partial charge in [0.25, 0.3) is 0 Å². The molecule has 78 valence electrons. The Balaban J connectivity index is 2.27. The van der Waals surface area contributed by atoms with E-state index < -0.39 is 0 Å². The number of aromatic nitrogens is 2. The molecule has 0 aliphatic carbocycles. The van der Waals surface area contributed by atoms with Gasteiger partial charge < -0.3 is 5.73 Å². The highest BCUT2D eigenvalue weighted by molar-refractivity contribution is 9.10. The molecule has 0 amide bonds. The van der Waals surface area contributed by atoms with Crippen LogP contribution in [0.2, 0.25) is 0 Å². The summed E-state index contributed by atoms with van der Waals surface area (Å²) in [5.74, 6) is 0.204. The smallest absolute Gasteiger partial charge is 0.145 e. The molecule has 0 fully saturated rings. The molecule has 0 saturated heterocycles. The zero-order chi connectivity index (χ0) is 10.8. The Morgan fingerprint density at radius 3 is 2.87 bits per heavy atom. The number of anilines is 1. The molecule has 0 saturated carbocycles. The average Bonchev–Trinajstić information content (AvgIpc) is 2.58. The molecule has 3 nitrogen and oxygen atoms in total. The Bertz CT molecular complexity index is 481. The van der Waals surface area contributed by atoms with Gasteiger partial charge in [0, 0.05) is 10.7 Å². The Morgan fingerprint density at radius 2 is 2.20 bits per heavy atom. The Hall–Kier alpha value is -1.36. The van der Waals surface area contributed by atoms with Gasteiger partial charge in [-0.25, -0.2) is 4.39 Å². The third kappa shape index (κ3) is 2.36. The lowest BCUT2D eigenvalue weighted by Crippen LogP contribution is -2.02. The topological polar surface area (TPSA) is 43.8 Å². The molecular weight excluding hydrogens is 261 g/mol. The van der Waals surface area contributed by atoms with Crippen molar-refractivity contribution in [3.8, 4) is 0 Å². The molecule has 5 heteroatoms. The van der Waals surface area contributed by atoms with E-state index in [4.69, 9.17) is 5.73 Å². The van der Waals surface area contributed by atoms with Gasteiger partial charge in [-0.1, -0.05) is 15.9 Å². The van der Waals surface area contributed by atoms with Crippen molar-refractivity contribution < 1.29 is 4.39 Å². The SMILES string of the molecule is Nc1ccn(Cc2cc(F)ccc2Br)n1. The van der Waals surface area contributed by atoms with E-state index in [9.17, 15) is 4.39 Å². The Labute approximate surface area is 94.8 Å². The van der Waals surface area contributed by atoms with Gasteiger partial charge in [0.15, 0.2) is 0 Å². The third-order valence-electron chi connectivity index (χ3n) is 2.00. The van der Waals surface area contributed by atoms with Gasteiger partial charge in [0.1, 0.15) is 11.6 Å². The van der Waals surface area contributed by atoms with Crippen molar-refractivity contribution in [2.45, 2.75) is 6.54 Å². The van der Waals surface area contributed by atoms with Crippen LogP contribution in [-0.2, 0) is 6.54 Å². The lowest BCUT2D eigenvalue weighted by atomic mass is 10.2. The zero-order valence-corrected chi connectivity index (χ0v) is 9.41. The number of hydrogen-bond donors (Lipinski definition) is 1. The minimum absolute atomic E-state index is 0.256. The minimum Gasteiger partial charge on any atom is -0.382 e. The van der Waals surface area contributed by atoms with E-state index in [-0.39, 0.29) is 5.82 Å². The molecule has 0 aliphatic heterocycles. The van der Waals surface area contributed by atoms with Crippen LogP contribution in [0, 0.1) is 5.82 Å². The first kappa shape index (κ1) is 10.2. The molecule has 0 atom stereocenters. The molecule has 0 unspecified atom stereocenters. The molecule has 1 aromatic heterocycles. The highest BCUT2D eigenvalue weighted by atomic mass is 79.9. The van der Waals surface area contributed by atoms with Crippen LogP contribution in [0.25, 0.3) is 0 Å². The maximum Gasteiger partial charge on any atom is 0.145 e. The van der Waals surface area contributed by atoms with Crippen molar-refractivity contribution in [1.82, 2.24) is 9.78 Å². The number of nitrogens with two attached hydrogens (primary N) is 1. The number of nitrogen functional groups attached to an aromatic ring is 1. The molecule has 1 heterocycles. The van der Waals surface area contributed by atoms with Crippen LogP contribution in [0.1, 0.15) is 5.56 Å². The second-order valence-corrected chi connectivity index (χ2v) is 4.03. The standard InChI is InChI=1S/C10H9BrFN3/c11-9-2-1-8(12)5-7(9)6-15-4-3-10(13)14-15/h1-5H,6H2,(H2,13,14). The van der Waals surface area contributed by atoms with Gasteiger partial charge in [-0.3, -0.25) is 4.68 Å². The molecule has 15 heavy (non-hydrogen) atoms. The Kier molecular flexibility index (Phi) is 2.73. The van der Waals surface area contributed by atoms with Crippen LogP contribution in [0.4, 0.5) is 10.2 Å².